The van der Waals surface area contributed by atoms with Crippen LogP contribution in [0.2, 0.25) is 0 Å². The van der Waals surface area contributed by atoms with Crippen molar-refractivity contribution >= 4 is 28.9 Å². The molecule has 108 valence electrons. The Kier molecular flexibility index (Phi) is 4.51. The van der Waals surface area contributed by atoms with Crippen LogP contribution in [0.25, 0.3) is 0 Å². The van der Waals surface area contributed by atoms with Crippen molar-refractivity contribution in [2.75, 3.05) is 24.2 Å². The van der Waals surface area contributed by atoms with Crippen molar-refractivity contribution < 1.29 is 18.9 Å². The van der Waals surface area contributed by atoms with Crippen LogP contribution in [-0.4, -0.2) is 42.0 Å². The molecule has 0 aliphatic carbocycles. The van der Waals surface area contributed by atoms with E-state index in [1.165, 1.54) is 11.8 Å². The standard InChI is InChI=1S/C13H16N2O4S/c1-9(16)14-7-11-8-15(13(17)19-11)10-3-5-12(6-4-10)20(2)18/h3-6,11H,7-8H2,1-2H3,(H,14,16). The molecule has 1 aromatic rings. The summed E-state index contributed by atoms with van der Waals surface area (Å²) < 4.78 is 16.5. The molecule has 1 fully saturated rings. The third kappa shape index (κ3) is 3.43. The topological polar surface area (TPSA) is 81.7 Å². The third-order valence-electron chi connectivity index (χ3n) is 2.93. The zero-order valence-corrected chi connectivity index (χ0v) is 12.1. The van der Waals surface area contributed by atoms with Crippen molar-refractivity contribution in [2.45, 2.75) is 17.9 Å². The number of amides is 2. The van der Waals surface area contributed by atoms with E-state index >= 15 is 0 Å². The maximum absolute atomic E-state index is 11.8. The second kappa shape index (κ2) is 6.15. The lowest BCUT2D eigenvalue weighted by Crippen LogP contribution is -2.33. The van der Waals surface area contributed by atoms with Crippen LogP contribution in [0, 0.1) is 0 Å². The Morgan fingerprint density at radius 2 is 2.15 bits per heavy atom. The number of anilines is 1. The van der Waals surface area contributed by atoms with Crippen molar-refractivity contribution in [3.63, 3.8) is 0 Å². The summed E-state index contributed by atoms with van der Waals surface area (Å²) in [5.74, 6) is -0.158. The predicted molar refractivity (Wildman–Crippen MR) is 75.1 cm³/mol. The van der Waals surface area contributed by atoms with E-state index in [4.69, 9.17) is 4.74 Å². The Balaban J connectivity index is 2.02. The molecule has 2 atom stereocenters. The summed E-state index contributed by atoms with van der Waals surface area (Å²) in [6.45, 7) is 2.10. The van der Waals surface area contributed by atoms with Gasteiger partial charge in [-0.3, -0.25) is 9.69 Å². The van der Waals surface area contributed by atoms with Gasteiger partial charge in [0.2, 0.25) is 5.91 Å². The molecule has 1 saturated heterocycles. The van der Waals surface area contributed by atoms with Crippen molar-refractivity contribution in [1.82, 2.24) is 5.32 Å². The van der Waals surface area contributed by atoms with Gasteiger partial charge in [0.25, 0.3) is 0 Å². The highest BCUT2D eigenvalue weighted by atomic mass is 32.2. The molecule has 2 rings (SSSR count). The Labute approximate surface area is 120 Å². The van der Waals surface area contributed by atoms with E-state index in [0.29, 0.717) is 23.7 Å². The van der Waals surface area contributed by atoms with Crippen LogP contribution in [-0.2, 0) is 20.7 Å². The number of nitrogens with one attached hydrogen (secondary N) is 1. The molecule has 0 radical (unpaired) electrons. The van der Waals surface area contributed by atoms with E-state index in [9.17, 15) is 14.1 Å². The summed E-state index contributed by atoms with van der Waals surface area (Å²) in [5, 5.41) is 2.62. The summed E-state index contributed by atoms with van der Waals surface area (Å²) in [5.41, 5.74) is 0.689. The van der Waals surface area contributed by atoms with Crippen LogP contribution in [0.15, 0.2) is 29.2 Å². The number of hydrogen-bond acceptors (Lipinski definition) is 4. The van der Waals surface area contributed by atoms with E-state index in [1.54, 1.807) is 30.5 Å². The van der Waals surface area contributed by atoms with E-state index in [0.717, 1.165) is 0 Å². The Hall–Kier alpha value is -1.73. The minimum atomic E-state index is -1.04. The maximum Gasteiger partial charge on any atom is 0.414 e. The molecule has 2 amide bonds. The molecule has 1 aromatic carbocycles. The summed E-state index contributed by atoms with van der Waals surface area (Å²) in [6.07, 6.45) is 0.805. The molecule has 0 bridgehead atoms. The minimum Gasteiger partial charge on any atom is -0.612 e. The average Bonchev–Trinajstić information content (AvgIpc) is 2.78. The first-order valence-electron chi connectivity index (χ1n) is 6.13. The highest BCUT2D eigenvalue weighted by Gasteiger charge is 2.32. The number of carbonyl (C=O) groups is 2. The molecular weight excluding hydrogens is 280 g/mol. The van der Waals surface area contributed by atoms with Gasteiger partial charge in [0.05, 0.1) is 13.1 Å². The summed E-state index contributed by atoms with van der Waals surface area (Å²) in [4.78, 5) is 24.8. The largest absolute Gasteiger partial charge is 0.612 e. The Morgan fingerprint density at radius 1 is 1.50 bits per heavy atom. The Bertz CT molecular complexity index is 504. The highest BCUT2D eigenvalue weighted by Crippen LogP contribution is 2.23. The summed E-state index contributed by atoms with van der Waals surface area (Å²) in [7, 11) is 0. The predicted octanol–water partition coefficient (Wildman–Crippen LogP) is 0.885. The van der Waals surface area contributed by atoms with Gasteiger partial charge in [-0.1, -0.05) is 0 Å². The lowest BCUT2D eigenvalue weighted by molar-refractivity contribution is -0.119. The van der Waals surface area contributed by atoms with Gasteiger partial charge in [0.1, 0.15) is 12.4 Å². The number of carbonyl (C=O) groups excluding carboxylic acids is 2. The van der Waals surface area contributed by atoms with Gasteiger partial charge in [-0.05, 0) is 35.4 Å². The van der Waals surface area contributed by atoms with E-state index < -0.39 is 17.3 Å². The highest BCUT2D eigenvalue weighted by molar-refractivity contribution is 7.90. The SMILES string of the molecule is CC(=O)NCC1CN(c2ccc([S+](C)[O-])cc2)C(=O)O1. The fourth-order valence-electron chi connectivity index (χ4n) is 1.91. The number of benzene rings is 1. The molecule has 0 aromatic heterocycles. The molecule has 1 aliphatic rings. The second-order valence-corrected chi connectivity index (χ2v) is 5.88. The van der Waals surface area contributed by atoms with Gasteiger partial charge in [0.15, 0.2) is 4.90 Å². The zero-order chi connectivity index (χ0) is 14.7. The van der Waals surface area contributed by atoms with Crippen LogP contribution in [0.4, 0.5) is 10.5 Å². The number of ether oxygens (including phenoxy) is 1. The van der Waals surface area contributed by atoms with Crippen LogP contribution in [0.5, 0.6) is 0 Å². The Morgan fingerprint density at radius 3 is 2.70 bits per heavy atom. The fourth-order valence-corrected chi connectivity index (χ4v) is 2.43. The first kappa shape index (κ1) is 14.7. The van der Waals surface area contributed by atoms with Crippen molar-refractivity contribution in [2.24, 2.45) is 0 Å². The molecule has 6 nitrogen and oxygen atoms in total. The van der Waals surface area contributed by atoms with Gasteiger partial charge >= 0.3 is 6.09 Å². The number of hydrogen-bond donors (Lipinski definition) is 1. The van der Waals surface area contributed by atoms with Gasteiger partial charge in [-0.25, -0.2) is 4.79 Å². The van der Waals surface area contributed by atoms with Gasteiger partial charge in [-0.15, -0.1) is 0 Å². The van der Waals surface area contributed by atoms with Gasteiger partial charge in [0, 0.05) is 12.6 Å². The fraction of sp³-hybridized carbons (Fsp3) is 0.385. The van der Waals surface area contributed by atoms with Crippen LogP contribution in [0.1, 0.15) is 6.92 Å². The van der Waals surface area contributed by atoms with E-state index in [1.807, 2.05) is 0 Å². The zero-order valence-electron chi connectivity index (χ0n) is 11.3. The third-order valence-corrected chi connectivity index (χ3v) is 3.87. The number of cyclic esters (lactones) is 1. The normalized spacial score (nSPS) is 19.6. The lowest BCUT2D eigenvalue weighted by Gasteiger charge is -2.13. The molecular formula is C13H16N2O4S. The van der Waals surface area contributed by atoms with Crippen molar-refractivity contribution in [3.8, 4) is 0 Å². The molecule has 0 saturated carbocycles. The van der Waals surface area contributed by atoms with Crippen LogP contribution in [0.3, 0.4) is 0 Å². The van der Waals surface area contributed by atoms with Gasteiger partial charge in [-0.2, -0.15) is 0 Å². The lowest BCUT2D eigenvalue weighted by atomic mass is 10.2. The average molecular weight is 296 g/mol. The number of rotatable bonds is 4. The molecule has 2 unspecified atom stereocenters. The smallest absolute Gasteiger partial charge is 0.414 e. The van der Waals surface area contributed by atoms with E-state index in [2.05, 4.69) is 5.32 Å². The van der Waals surface area contributed by atoms with Crippen molar-refractivity contribution in [1.29, 1.82) is 0 Å². The second-order valence-electron chi connectivity index (χ2n) is 4.50. The molecule has 0 spiro atoms. The monoisotopic (exact) mass is 296 g/mol. The van der Waals surface area contributed by atoms with Gasteiger partial charge < -0.3 is 14.6 Å². The van der Waals surface area contributed by atoms with Crippen molar-refractivity contribution in [3.05, 3.63) is 24.3 Å². The van der Waals surface area contributed by atoms with E-state index in [-0.39, 0.29) is 12.0 Å². The van der Waals surface area contributed by atoms with Crippen LogP contribution < -0.4 is 10.2 Å². The van der Waals surface area contributed by atoms with Crippen LogP contribution >= 0.6 is 0 Å². The molecule has 1 aliphatic heterocycles. The molecule has 20 heavy (non-hydrogen) atoms. The molecule has 1 heterocycles. The first-order valence-corrected chi connectivity index (χ1v) is 7.69. The summed E-state index contributed by atoms with van der Waals surface area (Å²) >= 11 is -1.04. The summed E-state index contributed by atoms with van der Waals surface area (Å²) in [6, 6.07) is 6.91. The molecule has 7 heteroatoms. The first-order chi connectivity index (χ1) is 9.47. The maximum atomic E-state index is 11.8. The number of nitrogens with zero attached hydrogens (tertiary/aromatic N) is 1. The minimum absolute atomic E-state index is 0.158. The molecule has 1 N–H and O–H groups in total. The quantitative estimate of drug-likeness (QED) is 0.836.